The van der Waals surface area contributed by atoms with Crippen LogP contribution in [0.4, 0.5) is 5.69 Å². The Morgan fingerprint density at radius 2 is 2.28 bits per heavy atom. The highest BCUT2D eigenvalue weighted by atomic mass is 79.9. The molecule has 3 rings (SSSR count). The predicted octanol–water partition coefficient (Wildman–Crippen LogP) is 4.25. The number of pyridine rings is 1. The lowest BCUT2D eigenvalue weighted by Crippen LogP contribution is -2.30. The smallest absolute Gasteiger partial charge is 0.0737 e. The van der Waals surface area contributed by atoms with E-state index < -0.39 is 0 Å². The molecule has 1 unspecified atom stereocenters. The number of halogens is 2. The quantitative estimate of drug-likeness (QED) is 0.767. The van der Waals surface area contributed by atoms with Crippen LogP contribution in [0.1, 0.15) is 12.8 Å². The molecule has 0 bridgehead atoms. The molecule has 1 atom stereocenters. The van der Waals surface area contributed by atoms with Gasteiger partial charge in [0, 0.05) is 40.2 Å². The van der Waals surface area contributed by atoms with E-state index in [2.05, 4.69) is 37.9 Å². The molecular formula is C14H14BrClN2. The van der Waals surface area contributed by atoms with Crippen LogP contribution in [0, 0.1) is 0 Å². The second-order valence-electron chi connectivity index (χ2n) is 4.64. The van der Waals surface area contributed by atoms with Crippen LogP contribution in [-0.4, -0.2) is 22.9 Å². The van der Waals surface area contributed by atoms with Crippen LogP contribution >= 0.6 is 27.5 Å². The molecule has 1 aliphatic heterocycles. The van der Waals surface area contributed by atoms with Crippen molar-refractivity contribution in [1.82, 2.24) is 4.98 Å². The minimum atomic E-state index is 0.589. The van der Waals surface area contributed by atoms with Gasteiger partial charge < -0.3 is 4.90 Å². The Labute approximate surface area is 120 Å². The van der Waals surface area contributed by atoms with Crippen molar-refractivity contribution in [3.63, 3.8) is 0 Å². The average Bonchev–Trinajstić information content (AvgIpc) is 2.85. The standard InChI is InChI=1S/C14H14BrClN2/c15-9-11-2-1-7-18(11)14-5-6-17-13-8-10(16)3-4-12(13)14/h3-6,8,11H,1-2,7,9H2. The first-order valence-electron chi connectivity index (χ1n) is 6.16. The summed E-state index contributed by atoms with van der Waals surface area (Å²) in [5.74, 6) is 0. The fourth-order valence-corrected chi connectivity index (χ4v) is 3.51. The van der Waals surface area contributed by atoms with E-state index in [1.54, 1.807) is 0 Å². The molecule has 0 saturated carbocycles. The maximum Gasteiger partial charge on any atom is 0.0737 e. The molecule has 1 fully saturated rings. The molecule has 18 heavy (non-hydrogen) atoms. The molecule has 2 nitrogen and oxygen atoms in total. The van der Waals surface area contributed by atoms with E-state index in [0.717, 1.165) is 22.4 Å². The lowest BCUT2D eigenvalue weighted by atomic mass is 10.1. The number of rotatable bonds is 2. The zero-order valence-corrected chi connectivity index (χ0v) is 12.3. The summed E-state index contributed by atoms with van der Waals surface area (Å²) in [6, 6.07) is 8.64. The van der Waals surface area contributed by atoms with E-state index in [4.69, 9.17) is 11.6 Å². The summed E-state index contributed by atoms with van der Waals surface area (Å²) < 4.78 is 0. The van der Waals surface area contributed by atoms with E-state index in [1.807, 2.05) is 18.3 Å². The minimum Gasteiger partial charge on any atom is -0.367 e. The Hall–Kier alpha value is -0.800. The Morgan fingerprint density at radius 1 is 1.39 bits per heavy atom. The van der Waals surface area contributed by atoms with E-state index in [1.165, 1.54) is 23.9 Å². The highest BCUT2D eigenvalue weighted by Gasteiger charge is 2.24. The largest absolute Gasteiger partial charge is 0.367 e. The molecule has 94 valence electrons. The van der Waals surface area contributed by atoms with Gasteiger partial charge in [-0.2, -0.15) is 0 Å². The van der Waals surface area contributed by atoms with E-state index >= 15 is 0 Å². The van der Waals surface area contributed by atoms with Crippen molar-refractivity contribution in [2.75, 3.05) is 16.8 Å². The van der Waals surface area contributed by atoms with Crippen molar-refractivity contribution in [2.45, 2.75) is 18.9 Å². The normalized spacial score (nSPS) is 19.7. The molecule has 2 aromatic rings. The van der Waals surface area contributed by atoms with Crippen molar-refractivity contribution >= 4 is 44.1 Å². The Bertz CT molecular complexity index is 573. The van der Waals surface area contributed by atoms with Gasteiger partial charge in [0.05, 0.1) is 5.52 Å². The van der Waals surface area contributed by atoms with Gasteiger partial charge in [0.15, 0.2) is 0 Å². The first kappa shape index (κ1) is 12.2. The minimum absolute atomic E-state index is 0.589. The molecule has 4 heteroatoms. The van der Waals surface area contributed by atoms with Crippen molar-refractivity contribution in [3.05, 3.63) is 35.5 Å². The molecular weight excluding hydrogens is 312 g/mol. The van der Waals surface area contributed by atoms with Crippen LogP contribution in [0.25, 0.3) is 10.9 Å². The lowest BCUT2D eigenvalue weighted by molar-refractivity contribution is 0.751. The maximum absolute atomic E-state index is 6.03. The maximum atomic E-state index is 6.03. The second kappa shape index (κ2) is 5.06. The van der Waals surface area contributed by atoms with Gasteiger partial charge >= 0.3 is 0 Å². The predicted molar refractivity (Wildman–Crippen MR) is 80.9 cm³/mol. The highest BCUT2D eigenvalue weighted by Crippen LogP contribution is 2.32. The number of alkyl halides is 1. The lowest BCUT2D eigenvalue weighted by Gasteiger charge is -2.26. The summed E-state index contributed by atoms with van der Waals surface area (Å²) in [4.78, 5) is 6.88. The molecule has 2 heterocycles. The molecule has 0 spiro atoms. The first-order chi connectivity index (χ1) is 8.79. The summed E-state index contributed by atoms with van der Waals surface area (Å²) in [6.07, 6.45) is 4.38. The third kappa shape index (κ3) is 2.10. The highest BCUT2D eigenvalue weighted by molar-refractivity contribution is 9.09. The summed E-state index contributed by atoms with van der Waals surface area (Å²) in [7, 11) is 0. The first-order valence-corrected chi connectivity index (χ1v) is 7.66. The van der Waals surface area contributed by atoms with Crippen molar-refractivity contribution in [1.29, 1.82) is 0 Å². The van der Waals surface area contributed by atoms with E-state index in [9.17, 15) is 0 Å². The van der Waals surface area contributed by atoms with Crippen molar-refractivity contribution < 1.29 is 0 Å². The van der Waals surface area contributed by atoms with Crippen LogP contribution in [0.3, 0.4) is 0 Å². The molecule has 0 aliphatic carbocycles. The van der Waals surface area contributed by atoms with Crippen molar-refractivity contribution in [3.8, 4) is 0 Å². The van der Waals surface area contributed by atoms with Gasteiger partial charge in [-0.15, -0.1) is 0 Å². The van der Waals surface area contributed by atoms with Gasteiger partial charge in [-0.25, -0.2) is 0 Å². The number of hydrogen-bond acceptors (Lipinski definition) is 2. The molecule has 0 N–H and O–H groups in total. The molecule has 1 aromatic heterocycles. The SMILES string of the molecule is Clc1ccc2c(N3CCCC3CBr)ccnc2c1. The van der Waals surface area contributed by atoms with Crippen molar-refractivity contribution in [2.24, 2.45) is 0 Å². The summed E-state index contributed by atoms with van der Waals surface area (Å²) in [5.41, 5.74) is 2.25. The second-order valence-corrected chi connectivity index (χ2v) is 5.72. The van der Waals surface area contributed by atoms with Crippen LogP contribution in [-0.2, 0) is 0 Å². The van der Waals surface area contributed by atoms with Crippen LogP contribution < -0.4 is 4.90 Å². The van der Waals surface area contributed by atoms with Gasteiger partial charge in [-0.05, 0) is 37.1 Å². The van der Waals surface area contributed by atoms with Gasteiger partial charge in [0.2, 0.25) is 0 Å². The number of aromatic nitrogens is 1. The van der Waals surface area contributed by atoms with Gasteiger partial charge in [-0.1, -0.05) is 27.5 Å². The summed E-state index contributed by atoms with van der Waals surface area (Å²) >= 11 is 9.64. The average molecular weight is 326 g/mol. The van der Waals surface area contributed by atoms with Gasteiger partial charge in [0.1, 0.15) is 0 Å². The topological polar surface area (TPSA) is 16.1 Å². The van der Waals surface area contributed by atoms with E-state index in [-0.39, 0.29) is 0 Å². The Balaban J connectivity index is 2.11. The number of fused-ring (bicyclic) bond motifs is 1. The molecule has 1 aliphatic rings. The number of hydrogen-bond donors (Lipinski definition) is 0. The molecule has 1 aromatic carbocycles. The zero-order valence-electron chi connectivity index (χ0n) is 9.94. The molecule has 0 radical (unpaired) electrons. The fourth-order valence-electron chi connectivity index (χ4n) is 2.67. The number of nitrogens with zero attached hydrogens (tertiary/aromatic N) is 2. The van der Waals surface area contributed by atoms with Crippen LogP contribution in [0.15, 0.2) is 30.5 Å². The summed E-state index contributed by atoms with van der Waals surface area (Å²) in [6.45, 7) is 1.12. The van der Waals surface area contributed by atoms with Gasteiger partial charge in [-0.3, -0.25) is 4.98 Å². The fraction of sp³-hybridized carbons (Fsp3) is 0.357. The third-order valence-electron chi connectivity index (χ3n) is 3.55. The Kier molecular flexibility index (Phi) is 3.44. The third-order valence-corrected chi connectivity index (χ3v) is 4.53. The van der Waals surface area contributed by atoms with E-state index in [0.29, 0.717) is 6.04 Å². The Morgan fingerprint density at radius 3 is 3.11 bits per heavy atom. The number of anilines is 1. The van der Waals surface area contributed by atoms with Gasteiger partial charge in [0.25, 0.3) is 0 Å². The number of benzene rings is 1. The monoisotopic (exact) mass is 324 g/mol. The summed E-state index contributed by atoms with van der Waals surface area (Å²) in [5, 5.41) is 2.95. The molecule has 0 amide bonds. The van der Waals surface area contributed by atoms with Crippen LogP contribution in [0.2, 0.25) is 5.02 Å². The van der Waals surface area contributed by atoms with Crippen LogP contribution in [0.5, 0.6) is 0 Å². The molecule has 1 saturated heterocycles. The zero-order chi connectivity index (χ0) is 12.5.